The fourth-order valence-electron chi connectivity index (χ4n) is 1.37. The molecule has 7 nitrogen and oxygen atoms in total. The van der Waals surface area contributed by atoms with Crippen molar-refractivity contribution in [2.45, 2.75) is 38.8 Å². The largest absolute Gasteiger partial charge is 0.480 e. The fraction of sp³-hybridized carbons (Fsp3) is 0.750. The minimum absolute atomic E-state index is 0.0945. The van der Waals surface area contributed by atoms with Gasteiger partial charge in [0.2, 0.25) is 11.8 Å². The van der Waals surface area contributed by atoms with Gasteiger partial charge in [-0.3, -0.25) is 9.59 Å². The monoisotopic (exact) mass is 306 g/mol. The summed E-state index contributed by atoms with van der Waals surface area (Å²) in [5.74, 6) is -0.579. The zero-order chi connectivity index (χ0) is 15.5. The zero-order valence-corrected chi connectivity index (χ0v) is 12.5. The minimum atomic E-state index is -1.09. The topological polar surface area (TPSA) is 116 Å². The number of carboxylic acids is 1. The second-order valence-electron chi connectivity index (χ2n) is 4.27. The first kappa shape index (κ1) is 18.7. The molecule has 116 valence electrons. The number of nitrogens with one attached hydrogen (secondary N) is 2. The van der Waals surface area contributed by atoms with Crippen LogP contribution in [-0.2, 0) is 14.4 Å². The molecule has 1 unspecified atom stereocenters. The van der Waals surface area contributed by atoms with Crippen LogP contribution in [0.3, 0.4) is 0 Å². The zero-order valence-electron chi connectivity index (χ0n) is 11.7. The van der Waals surface area contributed by atoms with Crippen molar-refractivity contribution < 1.29 is 24.6 Å². The smallest absolute Gasteiger partial charge is 0.326 e. The van der Waals surface area contributed by atoms with Crippen LogP contribution in [0.15, 0.2) is 0 Å². The molecule has 0 spiro atoms. The molecule has 0 aromatic carbocycles. The van der Waals surface area contributed by atoms with E-state index in [0.717, 1.165) is 5.75 Å². The van der Waals surface area contributed by atoms with E-state index < -0.39 is 29.9 Å². The highest BCUT2D eigenvalue weighted by atomic mass is 32.2. The Morgan fingerprint density at radius 2 is 1.90 bits per heavy atom. The number of thioether (sulfide) groups is 1. The van der Waals surface area contributed by atoms with E-state index in [9.17, 15) is 14.4 Å². The molecule has 0 rings (SSSR count). The van der Waals surface area contributed by atoms with Gasteiger partial charge in [0.15, 0.2) is 0 Å². The molecule has 0 fully saturated rings. The number of rotatable bonds is 10. The molecule has 0 bridgehead atoms. The summed E-state index contributed by atoms with van der Waals surface area (Å²) in [6.45, 7) is 3.14. The van der Waals surface area contributed by atoms with E-state index in [2.05, 4.69) is 10.6 Å². The molecule has 0 aliphatic carbocycles. The number of aliphatic hydroxyl groups excluding tert-OH is 1. The van der Waals surface area contributed by atoms with E-state index in [4.69, 9.17) is 10.2 Å². The van der Waals surface area contributed by atoms with Crippen molar-refractivity contribution in [2.75, 3.05) is 18.1 Å². The van der Waals surface area contributed by atoms with Crippen LogP contribution >= 0.6 is 11.8 Å². The molecule has 20 heavy (non-hydrogen) atoms. The summed E-state index contributed by atoms with van der Waals surface area (Å²) in [5, 5.41) is 22.6. The van der Waals surface area contributed by atoms with Gasteiger partial charge in [0.05, 0.1) is 19.1 Å². The molecule has 2 atom stereocenters. The Bertz CT molecular complexity index is 336. The van der Waals surface area contributed by atoms with Crippen molar-refractivity contribution in [1.82, 2.24) is 10.6 Å². The molecular formula is C12H22N2O5S. The molecule has 2 amide bonds. The van der Waals surface area contributed by atoms with Crippen LogP contribution < -0.4 is 10.6 Å². The van der Waals surface area contributed by atoms with Gasteiger partial charge in [0, 0.05) is 0 Å². The first-order valence-corrected chi connectivity index (χ1v) is 7.57. The summed E-state index contributed by atoms with van der Waals surface area (Å²) < 4.78 is 0. The van der Waals surface area contributed by atoms with Gasteiger partial charge < -0.3 is 20.8 Å². The van der Waals surface area contributed by atoms with Crippen LogP contribution in [0.1, 0.15) is 26.7 Å². The van der Waals surface area contributed by atoms with Crippen LogP contribution in [0.4, 0.5) is 0 Å². The summed E-state index contributed by atoms with van der Waals surface area (Å²) >= 11 is 1.59. The molecular weight excluding hydrogens is 284 g/mol. The summed E-state index contributed by atoms with van der Waals surface area (Å²) in [6.07, 6.45) is -0.542. The van der Waals surface area contributed by atoms with Gasteiger partial charge >= 0.3 is 5.97 Å². The Hall–Kier alpha value is -1.28. The van der Waals surface area contributed by atoms with Gasteiger partial charge in [0.25, 0.3) is 0 Å². The highest BCUT2D eigenvalue weighted by Gasteiger charge is 2.19. The first-order valence-electron chi connectivity index (χ1n) is 6.41. The van der Waals surface area contributed by atoms with Crippen molar-refractivity contribution in [1.29, 1.82) is 0 Å². The molecule has 4 N–H and O–H groups in total. The maximum Gasteiger partial charge on any atom is 0.326 e. The van der Waals surface area contributed by atoms with Gasteiger partial charge in [-0.25, -0.2) is 4.79 Å². The number of carbonyl (C=O) groups excluding carboxylic acids is 2. The molecule has 8 heteroatoms. The van der Waals surface area contributed by atoms with Gasteiger partial charge in [-0.1, -0.05) is 6.92 Å². The van der Waals surface area contributed by atoms with E-state index >= 15 is 0 Å². The third-order valence-corrected chi connectivity index (χ3v) is 3.25. The first-order chi connectivity index (χ1) is 9.36. The summed E-state index contributed by atoms with van der Waals surface area (Å²) in [4.78, 5) is 33.7. The standard InChI is InChI=1S/C12H22N2O5S/c1-3-20-5-4-9(12(18)19)14-11(17)7-13-10(16)6-8(2)15/h8-9,15H,3-7H2,1-2H3,(H,13,16)(H,14,17)(H,18,19)/t8?,9-/m0/s1. The lowest BCUT2D eigenvalue weighted by atomic mass is 10.2. The Morgan fingerprint density at radius 3 is 2.40 bits per heavy atom. The van der Waals surface area contributed by atoms with Crippen molar-refractivity contribution >= 4 is 29.5 Å². The third-order valence-electron chi connectivity index (χ3n) is 2.32. The second-order valence-corrected chi connectivity index (χ2v) is 5.67. The Balaban J connectivity index is 4.06. The number of carbonyl (C=O) groups is 3. The highest BCUT2D eigenvalue weighted by Crippen LogP contribution is 2.04. The summed E-state index contributed by atoms with van der Waals surface area (Å²) in [6, 6.07) is -0.949. The number of hydrogen-bond donors (Lipinski definition) is 4. The van der Waals surface area contributed by atoms with Crippen LogP contribution in [0, 0.1) is 0 Å². The third kappa shape index (κ3) is 9.62. The van der Waals surface area contributed by atoms with E-state index in [-0.39, 0.29) is 13.0 Å². The van der Waals surface area contributed by atoms with Crippen molar-refractivity contribution in [2.24, 2.45) is 0 Å². The maximum absolute atomic E-state index is 11.5. The Labute approximate surface area is 122 Å². The van der Waals surface area contributed by atoms with Crippen LogP contribution in [0.2, 0.25) is 0 Å². The van der Waals surface area contributed by atoms with E-state index in [0.29, 0.717) is 12.2 Å². The van der Waals surface area contributed by atoms with Crippen LogP contribution in [0.25, 0.3) is 0 Å². The maximum atomic E-state index is 11.5. The second kappa shape index (κ2) is 10.5. The molecule has 0 aliphatic heterocycles. The Morgan fingerprint density at radius 1 is 1.25 bits per heavy atom. The Kier molecular flexibility index (Phi) is 9.83. The number of aliphatic hydroxyl groups is 1. The molecule has 0 saturated heterocycles. The lowest BCUT2D eigenvalue weighted by Gasteiger charge is -2.14. The molecule has 0 aliphatic rings. The van der Waals surface area contributed by atoms with Crippen molar-refractivity contribution in [3.05, 3.63) is 0 Å². The highest BCUT2D eigenvalue weighted by molar-refractivity contribution is 7.99. The summed E-state index contributed by atoms with van der Waals surface area (Å²) in [5.41, 5.74) is 0. The minimum Gasteiger partial charge on any atom is -0.480 e. The van der Waals surface area contributed by atoms with Gasteiger partial charge in [-0.15, -0.1) is 0 Å². The molecule has 0 aromatic heterocycles. The van der Waals surface area contributed by atoms with Crippen molar-refractivity contribution in [3.63, 3.8) is 0 Å². The average Bonchev–Trinajstić information content (AvgIpc) is 2.34. The van der Waals surface area contributed by atoms with E-state index in [1.54, 1.807) is 11.8 Å². The van der Waals surface area contributed by atoms with E-state index in [1.807, 2.05) is 6.92 Å². The fourth-order valence-corrected chi connectivity index (χ4v) is 2.06. The molecule has 0 aromatic rings. The number of carboxylic acid groups (broad SMARTS) is 1. The quantitative estimate of drug-likeness (QED) is 0.408. The molecule has 0 radical (unpaired) electrons. The molecule has 0 saturated carbocycles. The number of amides is 2. The SMILES string of the molecule is CCSCC[C@H](NC(=O)CNC(=O)CC(C)O)C(=O)O. The molecule has 0 heterocycles. The average molecular weight is 306 g/mol. The summed E-state index contributed by atoms with van der Waals surface area (Å²) in [7, 11) is 0. The van der Waals surface area contributed by atoms with Gasteiger partial charge in [-0.05, 0) is 24.9 Å². The lowest BCUT2D eigenvalue weighted by Crippen LogP contribution is -2.46. The number of aliphatic carboxylic acids is 1. The predicted octanol–water partition coefficient (Wildman–Crippen LogP) is -0.414. The lowest BCUT2D eigenvalue weighted by molar-refractivity contribution is -0.141. The number of hydrogen-bond acceptors (Lipinski definition) is 5. The predicted molar refractivity (Wildman–Crippen MR) is 76.5 cm³/mol. The van der Waals surface area contributed by atoms with Crippen molar-refractivity contribution in [3.8, 4) is 0 Å². The van der Waals surface area contributed by atoms with Crippen LogP contribution in [-0.4, -0.2) is 58.2 Å². The van der Waals surface area contributed by atoms with E-state index in [1.165, 1.54) is 6.92 Å². The van der Waals surface area contributed by atoms with Gasteiger partial charge in [0.1, 0.15) is 6.04 Å². The normalized spacial score (nSPS) is 13.3. The van der Waals surface area contributed by atoms with Gasteiger partial charge in [-0.2, -0.15) is 11.8 Å². The van der Waals surface area contributed by atoms with Crippen LogP contribution in [0.5, 0.6) is 0 Å².